The van der Waals surface area contributed by atoms with Crippen LogP contribution in [0.5, 0.6) is 11.5 Å². The Labute approximate surface area is 392 Å². The highest BCUT2D eigenvalue weighted by Gasteiger charge is 2.29. The molecule has 0 bridgehead atoms. The molecule has 0 saturated heterocycles. The predicted octanol–water partition coefficient (Wildman–Crippen LogP) is 10.4. The standard InChI is InChI=1S/C50H48N4O9S3/c1-5-58-44(55)21-33-11-7-9-13-42(33)61-26-31-17-35-15-16-60-46(35)40(19-31)48-54-38(30-65-48)25-52-66(57)50(3,4)23-36-28-63-47-39(36)18-32(20-41(47)49-53-37(24-51)29-64-49)27-62-43-14-10-8-12-34(43)22-45(56)59-6-2/h7-20,25,28-30H,5-6,21-24,26-27,51H2,1-4H3/b52-25+. The summed E-state index contributed by atoms with van der Waals surface area (Å²) in [5.74, 6) is 0.550. The van der Waals surface area contributed by atoms with Crippen molar-refractivity contribution in [2.24, 2.45) is 10.1 Å². The van der Waals surface area contributed by atoms with E-state index in [9.17, 15) is 13.8 Å². The molecule has 13 nitrogen and oxygen atoms in total. The van der Waals surface area contributed by atoms with Gasteiger partial charge in [0.1, 0.15) is 56.9 Å². The highest BCUT2D eigenvalue weighted by molar-refractivity contribution is 7.85. The number of furan rings is 2. The zero-order valence-corrected chi connectivity index (χ0v) is 39.3. The Hall–Kier alpha value is -6.46. The smallest absolute Gasteiger partial charge is 0.310 e. The first kappa shape index (κ1) is 46.1. The minimum Gasteiger partial charge on any atom is -0.489 e. The predicted molar refractivity (Wildman–Crippen MR) is 258 cm³/mol. The SMILES string of the molecule is CCOC(=O)Cc1ccccc1OCc1cc(-c2nc(/C=N/S(=O)C(C)(C)Cc3coc4c(-c5nc(CN)cs5)cc(COc5ccccc5CC(=O)OCC)cc34)cs2)c2occc2c1. The van der Waals surface area contributed by atoms with Gasteiger partial charge >= 0.3 is 11.9 Å². The van der Waals surface area contributed by atoms with E-state index >= 15 is 0 Å². The third kappa shape index (κ3) is 10.8. The lowest BCUT2D eigenvalue weighted by atomic mass is 9.98. The molecular weight excluding hydrogens is 897 g/mol. The molecule has 0 fully saturated rings. The lowest BCUT2D eigenvalue weighted by molar-refractivity contribution is -0.143. The van der Waals surface area contributed by atoms with Crippen molar-refractivity contribution >= 4 is 73.8 Å². The van der Waals surface area contributed by atoms with Crippen molar-refractivity contribution in [1.82, 2.24) is 9.97 Å². The van der Waals surface area contributed by atoms with E-state index in [0.717, 1.165) is 60.4 Å². The maximum Gasteiger partial charge on any atom is 0.310 e. The van der Waals surface area contributed by atoms with Crippen LogP contribution in [-0.4, -0.2) is 50.3 Å². The lowest BCUT2D eigenvalue weighted by Gasteiger charge is -2.20. The largest absolute Gasteiger partial charge is 0.489 e. The van der Waals surface area contributed by atoms with Crippen molar-refractivity contribution in [3.05, 3.63) is 141 Å². The van der Waals surface area contributed by atoms with E-state index in [0.29, 0.717) is 59.5 Å². The van der Waals surface area contributed by atoms with Crippen LogP contribution in [0.1, 0.15) is 66.9 Å². The Morgan fingerprint density at radius 1 is 0.773 bits per heavy atom. The minimum absolute atomic E-state index is 0.0938. The molecule has 4 heterocycles. The molecular formula is C50H48N4O9S3. The van der Waals surface area contributed by atoms with Gasteiger partial charge in [-0.2, -0.15) is 4.40 Å². The molecule has 4 aromatic carbocycles. The van der Waals surface area contributed by atoms with Crippen LogP contribution in [0, 0.1) is 0 Å². The van der Waals surface area contributed by atoms with Gasteiger partial charge in [-0.25, -0.2) is 14.2 Å². The first-order valence-electron chi connectivity index (χ1n) is 21.3. The van der Waals surface area contributed by atoms with Gasteiger partial charge in [0.2, 0.25) is 0 Å². The van der Waals surface area contributed by atoms with Crippen LogP contribution in [0.2, 0.25) is 0 Å². The third-order valence-corrected chi connectivity index (χ3v) is 13.8. The van der Waals surface area contributed by atoms with Crippen LogP contribution in [0.25, 0.3) is 43.1 Å². The Morgan fingerprint density at radius 3 is 2.02 bits per heavy atom. The Morgan fingerprint density at radius 2 is 1.38 bits per heavy atom. The maximum atomic E-state index is 14.0. The molecule has 0 radical (unpaired) electrons. The molecule has 16 heteroatoms. The number of benzene rings is 4. The van der Waals surface area contributed by atoms with Crippen LogP contribution in [0.3, 0.4) is 0 Å². The third-order valence-electron chi connectivity index (χ3n) is 10.6. The fraction of sp³-hybridized carbons (Fsp3) is 0.260. The number of nitrogens with zero attached hydrogens (tertiary/aromatic N) is 3. The average molecular weight is 945 g/mol. The zero-order chi connectivity index (χ0) is 46.2. The molecule has 8 rings (SSSR count). The fourth-order valence-corrected chi connectivity index (χ4v) is 9.81. The molecule has 0 aliphatic heterocycles. The Bertz CT molecular complexity index is 3050. The average Bonchev–Trinajstić information content (AvgIpc) is 4.15. The molecule has 0 aliphatic rings. The van der Waals surface area contributed by atoms with Crippen LogP contribution in [0.15, 0.2) is 115 Å². The van der Waals surface area contributed by atoms with Crippen molar-refractivity contribution in [3.8, 4) is 32.6 Å². The molecule has 2 N–H and O–H groups in total. The number of thiazole rings is 2. The summed E-state index contributed by atoms with van der Waals surface area (Å²) in [6, 6.07) is 24.7. The summed E-state index contributed by atoms with van der Waals surface area (Å²) in [5, 5.41) is 6.98. The maximum absolute atomic E-state index is 14.0. The molecule has 0 amide bonds. The van der Waals surface area contributed by atoms with E-state index in [1.807, 2.05) is 103 Å². The van der Waals surface area contributed by atoms with Gasteiger partial charge in [0, 0.05) is 39.2 Å². The van der Waals surface area contributed by atoms with Gasteiger partial charge in [-0.05, 0) is 93.3 Å². The number of carbonyl (C=O) groups excluding carboxylic acids is 2. The highest BCUT2D eigenvalue weighted by Crippen LogP contribution is 2.38. The first-order valence-corrected chi connectivity index (χ1v) is 24.2. The number of esters is 2. The molecule has 340 valence electrons. The normalized spacial score (nSPS) is 12.3. The molecule has 0 saturated carbocycles. The van der Waals surface area contributed by atoms with Gasteiger partial charge in [-0.3, -0.25) is 9.59 Å². The topological polar surface area (TPSA) is 179 Å². The fourth-order valence-electron chi connectivity index (χ4n) is 7.41. The van der Waals surface area contributed by atoms with E-state index in [2.05, 4.69) is 4.40 Å². The number of nitrogens with two attached hydrogens (primary N) is 1. The Balaban J connectivity index is 0.996. The summed E-state index contributed by atoms with van der Waals surface area (Å²) in [7, 11) is -1.68. The van der Waals surface area contributed by atoms with Crippen LogP contribution in [0.4, 0.5) is 0 Å². The van der Waals surface area contributed by atoms with E-state index in [1.54, 1.807) is 32.6 Å². The molecule has 0 spiro atoms. The molecule has 66 heavy (non-hydrogen) atoms. The van der Waals surface area contributed by atoms with Gasteiger partial charge in [-0.1, -0.05) is 36.4 Å². The number of aromatic nitrogens is 2. The lowest BCUT2D eigenvalue weighted by Crippen LogP contribution is -2.28. The number of hydrogen-bond donors (Lipinski definition) is 1. The van der Waals surface area contributed by atoms with Crippen molar-refractivity contribution in [3.63, 3.8) is 0 Å². The second-order valence-corrected chi connectivity index (χ2v) is 19.4. The van der Waals surface area contributed by atoms with Crippen molar-refractivity contribution in [2.75, 3.05) is 13.2 Å². The molecule has 1 unspecified atom stereocenters. The number of carbonyl (C=O) groups is 2. The molecule has 1 atom stereocenters. The van der Waals surface area contributed by atoms with E-state index in [-0.39, 0.29) is 38.0 Å². The molecule has 4 aromatic heterocycles. The van der Waals surface area contributed by atoms with Gasteiger partial charge in [0.25, 0.3) is 0 Å². The summed E-state index contributed by atoms with van der Waals surface area (Å²) >= 11 is 2.90. The molecule has 0 aliphatic carbocycles. The van der Waals surface area contributed by atoms with Crippen LogP contribution in [-0.2, 0) is 69.1 Å². The van der Waals surface area contributed by atoms with Crippen molar-refractivity contribution in [2.45, 2.75) is 71.5 Å². The summed E-state index contributed by atoms with van der Waals surface area (Å²) < 4.78 is 52.7. The van der Waals surface area contributed by atoms with Gasteiger partial charge in [0.05, 0.1) is 72.1 Å². The van der Waals surface area contributed by atoms with Crippen molar-refractivity contribution in [1.29, 1.82) is 0 Å². The van der Waals surface area contributed by atoms with Crippen LogP contribution < -0.4 is 15.2 Å². The summed E-state index contributed by atoms with van der Waals surface area (Å²) in [6.45, 7) is 8.74. The van der Waals surface area contributed by atoms with E-state index in [4.69, 9.17) is 43.5 Å². The quantitative estimate of drug-likeness (QED) is 0.0565. The van der Waals surface area contributed by atoms with E-state index < -0.39 is 15.7 Å². The first-order chi connectivity index (χ1) is 32.0. The van der Waals surface area contributed by atoms with Crippen molar-refractivity contribution < 1.29 is 41.6 Å². The monoisotopic (exact) mass is 944 g/mol. The van der Waals surface area contributed by atoms with Gasteiger partial charge < -0.3 is 33.5 Å². The van der Waals surface area contributed by atoms with Crippen LogP contribution >= 0.6 is 22.7 Å². The second-order valence-electron chi connectivity index (χ2n) is 15.9. The number of hydrogen-bond acceptors (Lipinski definition) is 14. The summed E-state index contributed by atoms with van der Waals surface area (Å²) in [4.78, 5) is 34.2. The minimum atomic E-state index is -1.68. The van der Waals surface area contributed by atoms with Gasteiger partial charge in [0.15, 0.2) is 0 Å². The number of rotatable bonds is 20. The highest BCUT2D eigenvalue weighted by atomic mass is 32.2. The second kappa shape index (κ2) is 20.8. The number of fused-ring (bicyclic) bond motifs is 2. The van der Waals surface area contributed by atoms with E-state index in [1.165, 1.54) is 22.7 Å². The summed E-state index contributed by atoms with van der Waals surface area (Å²) in [5.41, 5.74) is 14.2. The summed E-state index contributed by atoms with van der Waals surface area (Å²) in [6.07, 6.45) is 5.47. The number of ether oxygens (including phenoxy) is 4. The van der Waals surface area contributed by atoms with Gasteiger partial charge in [-0.15, -0.1) is 22.7 Å². The zero-order valence-electron chi connectivity index (χ0n) is 36.9. The number of para-hydroxylation sites is 2. The Kier molecular flexibility index (Phi) is 14.5. The molecule has 8 aromatic rings.